The number of carbonyl (C=O) groups excluding carboxylic acids is 5. The third-order valence-corrected chi connectivity index (χ3v) is 15.9. The first kappa shape index (κ1) is 62.4. The molecule has 83 heavy (non-hydrogen) atoms. The fraction of sp³-hybridized carbons (Fsp3) is 0.525. The minimum absolute atomic E-state index is 0.0303. The van der Waals surface area contributed by atoms with Gasteiger partial charge in [0.25, 0.3) is 5.91 Å². The number of carbonyl (C=O) groups is 5. The number of ether oxygens (including phenoxy) is 6. The van der Waals surface area contributed by atoms with Crippen LogP contribution in [-0.2, 0) is 75.4 Å². The van der Waals surface area contributed by atoms with E-state index >= 15 is 0 Å². The number of rotatable bonds is 31. The normalized spacial score (nSPS) is 16.8. The average molecular weight is 1170 g/mol. The molecule has 2 aliphatic heterocycles. The van der Waals surface area contributed by atoms with Crippen molar-refractivity contribution in [1.29, 1.82) is 0 Å². The minimum atomic E-state index is -0.983. The van der Waals surface area contributed by atoms with Crippen molar-refractivity contribution in [2.75, 3.05) is 85.8 Å². The monoisotopic (exact) mass is 1160 g/mol. The number of fused-ring (bicyclic) bond motifs is 2. The molecule has 0 saturated carbocycles. The summed E-state index contributed by atoms with van der Waals surface area (Å²) < 4.78 is 35.9. The highest BCUT2D eigenvalue weighted by molar-refractivity contribution is 7.13. The molecule has 0 spiro atoms. The number of thiazole rings is 1. The van der Waals surface area contributed by atoms with Crippen molar-refractivity contribution in [2.45, 2.75) is 117 Å². The van der Waals surface area contributed by atoms with E-state index in [0.29, 0.717) is 56.3 Å². The van der Waals surface area contributed by atoms with Crippen molar-refractivity contribution in [3.8, 4) is 27.4 Å². The van der Waals surface area contributed by atoms with Gasteiger partial charge in [-0.3, -0.25) is 24.0 Å². The number of imidazole rings is 1. The van der Waals surface area contributed by atoms with Gasteiger partial charge in [0.2, 0.25) is 23.6 Å². The Morgan fingerprint density at radius 2 is 1.51 bits per heavy atom. The van der Waals surface area contributed by atoms with Gasteiger partial charge in [-0.25, -0.2) is 9.97 Å². The molecule has 8 rings (SSSR count). The van der Waals surface area contributed by atoms with Crippen LogP contribution in [0.3, 0.4) is 0 Å². The molecule has 1 saturated heterocycles. The number of nitrogens with one attached hydrogen (secondary N) is 4. The number of benzene rings is 3. The highest BCUT2D eigenvalue weighted by Gasteiger charge is 2.44. The summed E-state index contributed by atoms with van der Waals surface area (Å²) in [5.41, 5.74) is 10.0. The van der Waals surface area contributed by atoms with E-state index in [1.807, 2.05) is 58.9 Å². The van der Waals surface area contributed by atoms with Gasteiger partial charge in [-0.2, -0.15) is 0 Å². The minimum Gasteiger partial charge on any atom is -0.493 e. The summed E-state index contributed by atoms with van der Waals surface area (Å²) >= 11 is 1.57. The lowest BCUT2D eigenvalue weighted by atomic mass is 9.85. The van der Waals surface area contributed by atoms with E-state index in [-0.39, 0.29) is 96.1 Å². The van der Waals surface area contributed by atoms with Crippen molar-refractivity contribution in [3.05, 3.63) is 111 Å². The number of aliphatic hydroxyl groups excluding tert-OH is 2. The van der Waals surface area contributed by atoms with Crippen LogP contribution in [-0.4, -0.2) is 163 Å². The predicted octanol–water partition coefficient (Wildman–Crippen LogP) is 4.92. The molecule has 4 atom stereocenters. The lowest BCUT2D eigenvalue weighted by Crippen LogP contribution is -2.58. The van der Waals surface area contributed by atoms with Gasteiger partial charge in [0.15, 0.2) is 0 Å². The van der Waals surface area contributed by atoms with Gasteiger partial charge in [-0.1, -0.05) is 57.2 Å². The van der Waals surface area contributed by atoms with Gasteiger partial charge in [0, 0.05) is 56.3 Å². The molecule has 0 radical (unpaired) electrons. The molecule has 5 aromatic rings. The number of aryl methyl sites for hydroxylation is 4. The number of hydrogen-bond donors (Lipinski definition) is 6. The summed E-state index contributed by atoms with van der Waals surface area (Å²) in [6, 6.07) is 15.6. The lowest BCUT2D eigenvalue weighted by molar-refractivity contribution is -0.144. The lowest BCUT2D eigenvalue weighted by Gasteiger charge is -2.35. The van der Waals surface area contributed by atoms with Crippen LogP contribution in [0.4, 0.5) is 0 Å². The zero-order valence-electron chi connectivity index (χ0n) is 48.3. The second kappa shape index (κ2) is 30.3. The number of nitrogens with zero attached hydrogens (tertiary/aromatic N) is 4. The van der Waals surface area contributed by atoms with E-state index in [1.54, 1.807) is 29.0 Å². The van der Waals surface area contributed by atoms with Gasteiger partial charge < -0.3 is 69.4 Å². The molecule has 1 fully saturated rings. The maximum absolute atomic E-state index is 13.9. The van der Waals surface area contributed by atoms with Crippen LogP contribution in [0, 0.1) is 19.3 Å². The van der Waals surface area contributed by atoms with Crippen molar-refractivity contribution in [3.63, 3.8) is 0 Å². The summed E-state index contributed by atoms with van der Waals surface area (Å²) in [6.45, 7) is 12.5. The third kappa shape index (κ3) is 17.5. The molecular formula is C61H80N8O13S. The fourth-order valence-electron chi connectivity index (χ4n) is 10.4. The van der Waals surface area contributed by atoms with Crippen LogP contribution in [0.2, 0.25) is 0 Å². The van der Waals surface area contributed by atoms with Gasteiger partial charge in [0.05, 0.1) is 100.0 Å². The van der Waals surface area contributed by atoms with Gasteiger partial charge in [0.1, 0.15) is 36.9 Å². The maximum atomic E-state index is 13.9. The van der Waals surface area contributed by atoms with E-state index in [9.17, 15) is 34.2 Å². The van der Waals surface area contributed by atoms with Gasteiger partial charge in [-0.15, -0.1) is 11.3 Å². The molecule has 21 nitrogen and oxygen atoms in total. The largest absolute Gasteiger partial charge is 0.493 e. The SMILES string of the molecule is Cc1ncsc1-c1ccc(CNC(=O)[C@@H]2C[C@@H](O)CN2C(=O)[C@@H](NC(=O)COCCOCCOCCOCCOCC(=O)NCCCOc2cc(C(=O)N[C@@H]3CCc4ccc(-c5cn6c(n5)CCC6)cc43)cc(CO)c2C)C(C)(C)C)cc1. The van der Waals surface area contributed by atoms with Crippen LogP contribution in [0.1, 0.15) is 102 Å². The van der Waals surface area contributed by atoms with E-state index in [1.165, 1.54) is 10.5 Å². The van der Waals surface area contributed by atoms with E-state index in [2.05, 4.69) is 55.2 Å². The van der Waals surface area contributed by atoms with Crippen molar-refractivity contribution >= 4 is 40.9 Å². The topological polar surface area (TPSA) is 263 Å². The van der Waals surface area contributed by atoms with Gasteiger partial charge >= 0.3 is 0 Å². The van der Waals surface area contributed by atoms with Crippen LogP contribution in [0.25, 0.3) is 21.7 Å². The second-order valence-corrected chi connectivity index (χ2v) is 23.0. The Hall–Kier alpha value is -6.63. The van der Waals surface area contributed by atoms with E-state index < -0.39 is 35.4 Å². The Morgan fingerprint density at radius 1 is 0.819 bits per heavy atom. The molecule has 3 aromatic carbocycles. The number of aliphatic hydroxyl groups is 2. The first-order valence-corrected chi connectivity index (χ1v) is 29.5. The number of likely N-dealkylation sites (tertiary alicyclic amines) is 1. The molecular weight excluding hydrogens is 1080 g/mol. The third-order valence-electron chi connectivity index (χ3n) is 15.0. The molecule has 4 heterocycles. The Labute approximate surface area is 489 Å². The summed E-state index contributed by atoms with van der Waals surface area (Å²) in [6.07, 6.45) is 5.60. The number of amides is 5. The zero-order valence-corrected chi connectivity index (χ0v) is 49.1. The smallest absolute Gasteiger partial charge is 0.251 e. The molecule has 2 aromatic heterocycles. The van der Waals surface area contributed by atoms with Crippen LogP contribution >= 0.6 is 11.3 Å². The second-order valence-electron chi connectivity index (χ2n) is 22.2. The molecule has 1 aliphatic carbocycles. The maximum Gasteiger partial charge on any atom is 0.251 e. The first-order chi connectivity index (χ1) is 40.1. The zero-order chi connectivity index (χ0) is 58.9. The van der Waals surface area contributed by atoms with Crippen molar-refractivity contribution < 1.29 is 62.6 Å². The number of aromatic nitrogens is 3. The fourth-order valence-corrected chi connectivity index (χ4v) is 11.2. The summed E-state index contributed by atoms with van der Waals surface area (Å²) in [5, 5.41) is 32.4. The quantitative estimate of drug-likeness (QED) is 0.0322. The van der Waals surface area contributed by atoms with Crippen LogP contribution in [0.15, 0.2) is 66.3 Å². The highest BCUT2D eigenvalue weighted by Crippen LogP contribution is 2.36. The molecule has 0 bridgehead atoms. The van der Waals surface area contributed by atoms with Gasteiger partial charge in [-0.05, 0) is 96.5 Å². The van der Waals surface area contributed by atoms with E-state index in [0.717, 1.165) is 82.1 Å². The molecule has 6 N–H and O–H groups in total. The number of hydrogen-bond acceptors (Lipinski definition) is 16. The van der Waals surface area contributed by atoms with Crippen molar-refractivity contribution in [2.24, 2.45) is 5.41 Å². The first-order valence-electron chi connectivity index (χ1n) is 28.6. The summed E-state index contributed by atoms with van der Waals surface area (Å²) in [4.78, 5) is 78.0. The molecule has 0 unspecified atom stereocenters. The highest BCUT2D eigenvalue weighted by atomic mass is 32.1. The standard InChI is InChI=1S/C61H80N8O13S/c1-39-46(35-70)28-45(58(74)66-49-16-15-42-13-14-44(29-48(42)49)50-34-68-18-6-8-53(68)65-50)30-52(39)82-19-7-17-62-54(72)36-80-26-24-78-22-20-77-21-23-79-25-27-81-37-55(73)67-57(61(3,4)5)60(76)69-33-47(71)31-51(69)59(75)63-32-41-9-11-43(12-10-41)56-40(2)64-38-83-56/h9-14,28-30,34,38,47,49,51,57,70-71H,6-8,15-27,31-33,35-37H2,1-5H3,(H,62,72)(H,63,75)(H,66,74)(H,67,73)/t47-,49-,51+,57-/m1/s1. The average Bonchev–Trinajstić information content (AvgIpc) is 4.44. The molecule has 22 heteroatoms. The molecule has 5 amide bonds. The van der Waals surface area contributed by atoms with E-state index in [4.69, 9.17) is 33.4 Å². The Balaban J connectivity index is 0.623. The summed E-state index contributed by atoms with van der Waals surface area (Å²) in [7, 11) is 0. The van der Waals surface area contributed by atoms with Crippen molar-refractivity contribution in [1.82, 2.24) is 40.7 Å². The predicted molar refractivity (Wildman–Crippen MR) is 310 cm³/mol. The molecule has 3 aliphatic rings. The summed E-state index contributed by atoms with van der Waals surface area (Å²) in [5.74, 6) is -0.243. The Morgan fingerprint density at radius 3 is 2.17 bits per heavy atom. The molecule has 448 valence electrons. The van der Waals surface area contributed by atoms with Crippen LogP contribution < -0.4 is 26.0 Å². The van der Waals surface area contributed by atoms with Crippen LogP contribution in [0.5, 0.6) is 5.75 Å². The number of β-amino-alcohol motifs (C(OH)–C–C–N with tert-alkyl or cyclic N) is 1. The Bertz CT molecular complexity index is 2970. The Kier molecular flexibility index (Phi) is 22.8.